The average Bonchev–Trinajstić information content (AvgIpc) is 3.27. The van der Waals surface area contributed by atoms with Gasteiger partial charge in [-0.2, -0.15) is 0 Å². The second-order valence-electron chi connectivity index (χ2n) is 7.61. The van der Waals surface area contributed by atoms with Gasteiger partial charge in [0.05, 0.1) is 19.7 Å². The number of hydrogen-bond acceptors (Lipinski definition) is 5. The highest BCUT2D eigenvalue weighted by molar-refractivity contribution is 6.02. The predicted octanol–water partition coefficient (Wildman–Crippen LogP) is 2.39. The van der Waals surface area contributed by atoms with Crippen molar-refractivity contribution in [3.05, 3.63) is 58.7 Å². The third-order valence-corrected chi connectivity index (χ3v) is 5.35. The number of imide groups is 1. The molecule has 31 heavy (non-hydrogen) atoms. The van der Waals surface area contributed by atoms with Crippen LogP contribution in [-0.2, 0) is 24.3 Å². The molecule has 0 unspecified atom stereocenters. The number of urea groups is 1. The molecule has 1 fully saturated rings. The molecule has 2 aliphatic rings. The second kappa shape index (κ2) is 8.67. The minimum Gasteiger partial charge on any atom is -0.494 e. The summed E-state index contributed by atoms with van der Waals surface area (Å²) in [6.45, 7) is 4.74. The Labute approximate surface area is 180 Å². The summed E-state index contributed by atoms with van der Waals surface area (Å²) in [6, 6.07) is 10.4. The Hall–Kier alpha value is -3.55. The van der Waals surface area contributed by atoms with Crippen LogP contribution in [0.4, 0.5) is 4.79 Å². The SMILES string of the molecule is CCOc1cc2c(cc1CNC(=O)c1ccccc1CN1C(=O)CNC1=O)O[C@@H](C)C2. The molecule has 0 spiro atoms. The molecule has 0 saturated carbocycles. The number of benzene rings is 2. The zero-order valence-electron chi connectivity index (χ0n) is 17.6. The summed E-state index contributed by atoms with van der Waals surface area (Å²) in [4.78, 5) is 37.8. The standard InChI is InChI=1S/C23H25N3O5/c1-3-30-19-9-16-8-14(2)31-20(16)10-17(19)11-24-22(28)18-7-5-4-6-15(18)13-26-21(27)12-25-23(26)29/h4-7,9-10,14H,3,8,11-13H2,1-2H3,(H,24,28)(H,25,29)/t14-/m0/s1. The van der Waals surface area contributed by atoms with Crippen LogP contribution < -0.4 is 20.1 Å². The summed E-state index contributed by atoms with van der Waals surface area (Å²) in [6.07, 6.45) is 0.949. The van der Waals surface area contributed by atoms with Gasteiger partial charge in [0.15, 0.2) is 0 Å². The van der Waals surface area contributed by atoms with E-state index in [2.05, 4.69) is 10.6 Å². The lowest BCUT2D eigenvalue weighted by Gasteiger charge is -2.16. The van der Waals surface area contributed by atoms with Crippen LogP contribution in [0.3, 0.4) is 0 Å². The van der Waals surface area contributed by atoms with Crippen LogP contribution in [0, 0.1) is 0 Å². The lowest BCUT2D eigenvalue weighted by molar-refractivity contribution is -0.125. The Morgan fingerprint density at radius 2 is 2.06 bits per heavy atom. The fraction of sp³-hybridized carbons (Fsp3) is 0.348. The lowest BCUT2D eigenvalue weighted by atomic mass is 10.0. The highest BCUT2D eigenvalue weighted by Gasteiger charge is 2.29. The van der Waals surface area contributed by atoms with E-state index in [0.29, 0.717) is 17.7 Å². The number of fused-ring (bicyclic) bond motifs is 1. The second-order valence-corrected chi connectivity index (χ2v) is 7.61. The number of hydrogen-bond donors (Lipinski definition) is 2. The van der Waals surface area contributed by atoms with E-state index in [0.717, 1.165) is 33.9 Å². The quantitative estimate of drug-likeness (QED) is 0.667. The Balaban J connectivity index is 1.50. The first-order chi connectivity index (χ1) is 15.0. The third-order valence-electron chi connectivity index (χ3n) is 5.35. The van der Waals surface area contributed by atoms with E-state index in [9.17, 15) is 14.4 Å². The van der Waals surface area contributed by atoms with Crippen LogP contribution >= 0.6 is 0 Å². The lowest BCUT2D eigenvalue weighted by Crippen LogP contribution is -2.32. The van der Waals surface area contributed by atoms with Gasteiger partial charge in [-0.3, -0.25) is 14.5 Å². The van der Waals surface area contributed by atoms with Crippen molar-refractivity contribution >= 4 is 17.8 Å². The molecule has 4 rings (SSSR count). The van der Waals surface area contributed by atoms with Crippen molar-refractivity contribution in [3.63, 3.8) is 0 Å². The first kappa shape index (κ1) is 20.7. The fourth-order valence-corrected chi connectivity index (χ4v) is 3.85. The number of rotatable bonds is 7. The number of nitrogens with zero attached hydrogens (tertiary/aromatic N) is 1. The number of ether oxygens (including phenoxy) is 2. The van der Waals surface area contributed by atoms with Crippen molar-refractivity contribution in [2.75, 3.05) is 13.2 Å². The summed E-state index contributed by atoms with van der Waals surface area (Å²) >= 11 is 0. The molecular weight excluding hydrogens is 398 g/mol. The summed E-state index contributed by atoms with van der Waals surface area (Å²) in [5, 5.41) is 5.41. The van der Waals surface area contributed by atoms with E-state index in [1.54, 1.807) is 24.3 Å². The van der Waals surface area contributed by atoms with Gasteiger partial charge in [-0.05, 0) is 37.6 Å². The molecule has 2 heterocycles. The van der Waals surface area contributed by atoms with Gasteiger partial charge < -0.3 is 20.1 Å². The molecule has 2 aliphatic heterocycles. The van der Waals surface area contributed by atoms with Gasteiger partial charge in [-0.25, -0.2) is 4.79 Å². The van der Waals surface area contributed by atoms with Gasteiger partial charge >= 0.3 is 6.03 Å². The zero-order chi connectivity index (χ0) is 22.0. The van der Waals surface area contributed by atoms with E-state index in [1.807, 2.05) is 26.0 Å². The Kier molecular flexibility index (Phi) is 5.79. The Morgan fingerprint density at radius 3 is 2.81 bits per heavy atom. The third kappa shape index (κ3) is 4.33. The summed E-state index contributed by atoms with van der Waals surface area (Å²) in [7, 11) is 0. The van der Waals surface area contributed by atoms with Gasteiger partial charge in [0, 0.05) is 29.7 Å². The minimum atomic E-state index is -0.450. The van der Waals surface area contributed by atoms with Crippen molar-refractivity contribution in [3.8, 4) is 11.5 Å². The van der Waals surface area contributed by atoms with Crippen LogP contribution in [0.5, 0.6) is 11.5 Å². The van der Waals surface area contributed by atoms with Crippen molar-refractivity contribution < 1.29 is 23.9 Å². The monoisotopic (exact) mass is 423 g/mol. The van der Waals surface area contributed by atoms with Gasteiger partial charge in [0.25, 0.3) is 5.91 Å². The molecule has 0 bridgehead atoms. The van der Waals surface area contributed by atoms with Crippen molar-refractivity contribution in [2.24, 2.45) is 0 Å². The molecule has 0 radical (unpaired) electrons. The van der Waals surface area contributed by atoms with Gasteiger partial charge in [0.1, 0.15) is 17.6 Å². The molecule has 8 nitrogen and oxygen atoms in total. The largest absolute Gasteiger partial charge is 0.494 e. The first-order valence-electron chi connectivity index (χ1n) is 10.4. The van der Waals surface area contributed by atoms with Crippen LogP contribution in [0.1, 0.15) is 40.9 Å². The summed E-state index contributed by atoms with van der Waals surface area (Å²) < 4.78 is 11.6. The molecule has 162 valence electrons. The van der Waals surface area contributed by atoms with E-state index < -0.39 is 6.03 Å². The fourth-order valence-electron chi connectivity index (χ4n) is 3.85. The number of nitrogens with one attached hydrogen (secondary N) is 2. The topological polar surface area (TPSA) is 97.0 Å². The number of amides is 4. The molecule has 4 amide bonds. The van der Waals surface area contributed by atoms with Crippen LogP contribution in [0.25, 0.3) is 0 Å². The van der Waals surface area contributed by atoms with Gasteiger partial charge in [-0.15, -0.1) is 0 Å². The smallest absolute Gasteiger partial charge is 0.324 e. The number of carbonyl (C=O) groups is 3. The van der Waals surface area contributed by atoms with E-state index in [-0.39, 0.29) is 37.6 Å². The molecule has 2 aromatic rings. The maximum Gasteiger partial charge on any atom is 0.324 e. The molecule has 1 saturated heterocycles. The minimum absolute atomic E-state index is 0.0214. The number of carbonyl (C=O) groups excluding carboxylic acids is 3. The highest BCUT2D eigenvalue weighted by atomic mass is 16.5. The highest BCUT2D eigenvalue weighted by Crippen LogP contribution is 2.35. The maximum atomic E-state index is 12.9. The van der Waals surface area contributed by atoms with Crippen molar-refractivity contribution in [1.82, 2.24) is 15.5 Å². The van der Waals surface area contributed by atoms with Gasteiger partial charge in [-0.1, -0.05) is 18.2 Å². The van der Waals surface area contributed by atoms with Crippen LogP contribution in [0.2, 0.25) is 0 Å². The molecular formula is C23H25N3O5. The Bertz CT molecular complexity index is 1020. The Morgan fingerprint density at radius 1 is 1.26 bits per heavy atom. The molecule has 2 aromatic carbocycles. The molecule has 8 heteroatoms. The molecule has 2 N–H and O–H groups in total. The zero-order valence-corrected chi connectivity index (χ0v) is 17.6. The van der Waals surface area contributed by atoms with E-state index >= 15 is 0 Å². The molecule has 1 atom stereocenters. The first-order valence-corrected chi connectivity index (χ1v) is 10.4. The maximum absolute atomic E-state index is 12.9. The van der Waals surface area contributed by atoms with Crippen LogP contribution in [0.15, 0.2) is 36.4 Å². The predicted molar refractivity (Wildman–Crippen MR) is 113 cm³/mol. The summed E-state index contributed by atoms with van der Waals surface area (Å²) in [5.74, 6) is 0.944. The van der Waals surface area contributed by atoms with Crippen LogP contribution in [-0.4, -0.2) is 42.0 Å². The van der Waals surface area contributed by atoms with E-state index in [4.69, 9.17) is 9.47 Å². The summed E-state index contributed by atoms with van der Waals surface area (Å²) in [5.41, 5.74) is 2.94. The van der Waals surface area contributed by atoms with Crippen molar-refractivity contribution in [1.29, 1.82) is 0 Å². The van der Waals surface area contributed by atoms with Gasteiger partial charge in [0.2, 0.25) is 5.91 Å². The molecule has 0 aliphatic carbocycles. The average molecular weight is 423 g/mol. The van der Waals surface area contributed by atoms with E-state index in [1.165, 1.54) is 0 Å². The molecule has 0 aromatic heterocycles. The van der Waals surface area contributed by atoms with Crippen molar-refractivity contribution in [2.45, 2.75) is 39.5 Å². The normalized spacial score (nSPS) is 17.2.